The lowest BCUT2D eigenvalue weighted by Gasteiger charge is -2.21. The summed E-state index contributed by atoms with van der Waals surface area (Å²) in [6.07, 6.45) is 1.42. The number of rotatable bonds is 5. The highest BCUT2D eigenvalue weighted by molar-refractivity contribution is 7.89. The van der Waals surface area contributed by atoms with Gasteiger partial charge in [-0.3, -0.25) is 9.20 Å². The Labute approximate surface area is 181 Å². The highest BCUT2D eigenvalue weighted by Gasteiger charge is 2.31. The van der Waals surface area contributed by atoms with Crippen molar-refractivity contribution in [3.63, 3.8) is 0 Å². The molecule has 9 heteroatoms. The van der Waals surface area contributed by atoms with Crippen LogP contribution >= 0.6 is 11.6 Å². The van der Waals surface area contributed by atoms with Gasteiger partial charge >= 0.3 is 0 Å². The van der Waals surface area contributed by atoms with E-state index >= 15 is 0 Å². The maximum Gasteiger partial charge on any atom is 0.258 e. The summed E-state index contributed by atoms with van der Waals surface area (Å²) < 4.78 is 30.3. The van der Waals surface area contributed by atoms with E-state index in [1.165, 1.54) is 16.7 Å². The summed E-state index contributed by atoms with van der Waals surface area (Å²) in [7, 11) is -3.88. The topological polar surface area (TPSA) is 92.6 Å². The van der Waals surface area contributed by atoms with Crippen molar-refractivity contribution in [2.75, 3.05) is 5.32 Å². The summed E-state index contributed by atoms with van der Waals surface area (Å²) in [5.74, 6) is -0.558. The molecule has 0 atom stereocenters. The Bertz CT molecular complexity index is 1200. The number of aromatic nitrogens is 2. The average molecular weight is 449 g/mol. The van der Waals surface area contributed by atoms with Gasteiger partial charge in [-0.2, -0.15) is 0 Å². The van der Waals surface area contributed by atoms with Crippen LogP contribution in [0, 0.1) is 0 Å². The lowest BCUT2D eigenvalue weighted by Crippen LogP contribution is -2.41. The van der Waals surface area contributed by atoms with E-state index in [1.54, 1.807) is 32.9 Å². The number of hydrogen-bond donors (Lipinski definition) is 2. The third kappa shape index (κ3) is 4.66. The van der Waals surface area contributed by atoms with Gasteiger partial charge in [0.05, 0.1) is 16.3 Å². The van der Waals surface area contributed by atoms with Crippen LogP contribution in [-0.4, -0.2) is 29.2 Å². The molecule has 0 bridgehead atoms. The lowest BCUT2D eigenvalue weighted by atomic mass is 10.1. The average Bonchev–Trinajstić information content (AvgIpc) is 2.99. The fourth-order valence-corrected chi connectivity index (χ4v) is 5.15. The van der Waals surface area contributed by atoms with Crippen LogP contribution in [0.4, 0.5) is 5.69 Å². The molecule has 0 unspecified atom stereocenters. The van der Waals surface area contributed by atoms with Crippen LogP contribution < -0.4 is 10.0 Å². The Morgan fingerprint density at radius 1 is 1.17 bits per heavy atom. The minimum atomic E-state index is -3.88. The molecule has 0 radical (unpaired) electrons. The molecule has 2 aromatic heterocycles. The van der Waals surface area contributed by atoms with Gasteiger partial charge in [-0.05, 0) is 44.9 Å². The Kier molecular flexibility index (Phi) is 5.95. The van der Waals surface area contributed by atoms with Crippen LogP contribution in [0.25, 0.3) is 5.65 Å². The van der Waals surface area contributed by atoms with Gasteiger partial charge in [0.25, 0.3) is 15.9 Å². The number of pyridine rings is 1. The quantitative estimate of drug-likeness (QED) is 0.603. The number of carbonyl (C=O) groups excluding carboxylic acids is 1. The first-order valence-electron chi connectivity index (χ1n) is 9.51. The largest absolute Gasteiger partial charge is 0.322 e. The molecule has 0 saturated carbocycles. The summed E-state index contributed by atoms with van der Waals surface area (Å²) in [6, 6.07) is 10.5. The zero-order chi connectivity index (χ0) is 22.3. The number of nitrogens with zero attached hydrogens (tertiary/aromatic N) is 2. The second kappa shape index (κ2) is 8.02. The Hall–Kier alpha value is -2.42. The van der Waals surface area contributed by atoms with Crippen LogP contribution in [-0.2, 0) is 10.0 Å². The number of halogens is 1. The molecule has 0 aliphatic rings. The van der Waals surface area contributed by atoms with Gasteiger partial charge in [0.1, 0.15) is 5.65 Å². The molecule has 3 aromatic rings. The van der Waals surface area contributed by atoms with E-state index in [2.05, 4.69) is 15.0 Å². The number of carbonyl (C=O) groups is 1. The van der Waals surface area contributed by atoms with Crippen molar-refractivity contribution >= 4 is 38.9 Å². The standard InChI is InChI=1S/C21H25ClN4O3S/c1-13(2)18-20(30(28,29)25-21(3,4)5)26-12-16(22)15(11-17(26)24-18)19(27)23-14-9-7-6-8-10-14/h6-13,25H,1-5H3,(H,23,27). The predicted molar refractivity (Wildman–Crippen MR) is 119 cm³/mol. The van der Waals surface area contributed by atoms with Gasteiger partial charge in [0, 0.05) is 17.4 Å². The molecule has 2 N–H and O–H groups in total. The molecule has 2 heterocycles. The molecule has 0 aliphatic carbocycles. The van der Waals surface area contributed by atoms with E-state index in [-0.39, 0.29) is 21.5 Å². The molecule has 7 nitrogen and oxygen atoms in total. The van der Waals surface area contributed by atoms with E-state index in [1.807, 2.05) is 32.0 Å². The molecule has 1 aromatic carbocycles. The van der Waals surface area contributed by atoms with E-state index in [4.69, 9.17) is 11.6 Å². The number of amides is 1. The highest BCUT2D eigenvalue weighted by Crippen LogP contribution is 2.29. The van der Waals surface area contributed by atoms with Crippen LogP contribution in [0.1, 0.15) is 56.6 Å². The number of imidazole rings is 1. The minimum absolute atomic E-state index is 0.0272. The summed E-state index contributed by atoms with van der Waals surface area (Å²) in [5, 5.41) is 2.93. The Morgan fingerprint density at radius 3 is 2.37 bits per heavy atom. The van der Waals surface area contributed by atoms with Crippen molar-refractivity contribution in [3.8, 4) is 0 Å². The molecule has 0 aliphatic heterocycles. The van der Waals surface area contributed by atoms with E-state index < -0.39 is 21.5 Å². The van der Waals surface area contributed by atoms with Crippen LogP contribution in [0.3, 0.4) is 0 Å². The van der Waals surface area contributed by atoms with Crippen LogP contribution in [0.5, 0.6) is 0 Å². The molecule has 160 valence electrons. The van der Waals surface area contributed by atoms with Gasteiger partial charge in [0.2, 0.25) is 0 Å². The molecule has 0 spiro atoms. The van der Waals surface area contributed by atoms with E-state index in [9.17, 15) is 13.2 Å². The monoisotopic (exact) mass is 448 g/mol. The third-order valence-corrected chi connectivity index (χ3v) is 6.31. The normalized spacial score (nSPS) is 12.5. The number of nitrogens with one attached hydrogen (secondary N) is 2. The van der Waals surface area contributed by atoms with Crippen LogP contribution in [0.2, 0.25) is 5.02 Å². The third-order valence-electron chi connectivity index (χ3n) is 4.21. The van der Waals surface area contributed by atoms with Gasteiger partial charge < -0.3 is 5.32 Å². The second-order valence-corrected chi connectivity index (χ2v) is 10.4. The van der Waals surface area contributed by atoms with E-state index in [0.717, 1.165) is 0 Å². The first kappa shape index (κ1) is 22.3. The number of para-hydroxylation sites is 1. The summed E-state index contributed by atoms with van der Waals surface area (Å²) in [6.45, 7) is 9.02. The maximum atomic E-state index is 13.1. The Balaban J connectivity index is 2.13. The summed E-state index contributed by atoms with van der Waals surface area (Å²) in [4.78, 5) is 17.2. The number of sulfonamides is 1. The predicted octanol–water partition coefficient (Wildman–Crippen LogP) is 4.44. The second-order valence-electron chi connectivity index (χ2n) is 8.40. The molecule has 0 saturated heterocycles. The summed E-state index contributed by atoms with van der Waals surface area (Å²) in [5.41, 5.74) is 0.902. The van der Waals surface area contributed by atoms with Gasteiger partial charge in [-0.15, -0.1) is 0 Å². The maximum absolute atomic E-state index is 13.1. The lowest BCUT2D eigenvalue weighted by molar-refractivity contribution is 0.102. The molecular weight excluding hydrogens is 424 g/mol. The molecule has 30 heavy (non-hydrogen) atoms. The molecule has 0 fully saturated rings. The molecular formula is C21H25ClN4O3S. The zero-order valence-corrected chi connectivity index (χ0v) is 19.1. The number of benzene rings is 1. The van der Waals surface area contributed by atoms with Gasteiger partial charge in [-0.1, -0.05) is 43.6 Å². The smallest absolute Gasteiger partial charge is 0.258 e. The summed E-state index contributed by atoms with van der Waals surface area (Å²) >= 11 is 6.38. The van der Waals surface area contributed by atoms with Crippen molar-refractivity contribution < 1.29 is 13.2 Å². The highest BCUT2D eigenvalue weighted by atomic mass is 35.5. The SMILES string of the molecule is CC(C)c1nc2cc(C(=O)Nc3ccccc3)c(Cl)cn2c1S(=O)(=O)NC(C)(C)C. The van der Waals surface area contributed by atoms with Crippen molar-refractivity contribution in [1.82, 2.24) is 14.1 Å². The fourth-order valence-electron chi connectivity index (χ4n) is 3.05. The minimum Gasteiger partial charge on any atom is -0.322 e. The first-order valence-corrected chi connectivity index (χ1v) is 11.4. The number of fused-ring (bicyclic) bond motifs is 1. The van der Waals surface area contributed by atoms with Crippen molar-refractivity contribution in [2.24, 2.45) is 0 Å². The Morgan fingerprint density at radius 2 is 1.80 bits per heavy atom. The molecule has 1 amide bonds. The first-order chi connectivity index (χ1) is 13.9. The number of anilines is 1. The van der Waals surface area contributed by atoms with Crippen molar-refractivity contribution in [2.45, 2.75) is 51.1 Å². The van der Waals surface area contributed by atoms with Crippen LogP contribution in [0.15, 0.2) is 47.6 Å². The van der Waals surface area contributed by atoms with E-state index in [0.29, 0.717) is 17.0 Å². The van der Waals surface area contributed by atoms with Gasteiger partial charge in [0.15, 0.2) is 5.03 Å². The zero-order valence-electron chi connectivity index (χ0n) is 17.5. The van der Waals surface area contributed by atoms with Crippen molar-refractivity contribution in [1.29, 1.82) is 0 Å². The molecule has 3 rings (SSSR count). The van der Waals surface area contributed by atoms with Gasteiger partial charge in [-0.25, -0.2) is 18.1 Å². The number of hydrogen-bond acceptors (Lipinski definition) is 4. The fraction of sp³-hybridized carbons (Fsp3) is 0.333. The van der Waals surface area contributed by atoms with Crippen molar-refractivity contribution in [3.05, 3.63) is 58.9 Å².